The second-order valence-electron chi connectivity index (χ2n) is 5.81. The molecule has 0 amide bonds. The van der Waals surface area contributed by atoms with Gasteiger partial charge in [0.25, 0.3) is 0 Å². The van der Waals surface area contributed by atoms with Gasteiger partial charge in [0, 0.05) is 31.6 Å². The van der Waals surface area contributed by atoms with Crippen LogP contribution in [0.1, 0.15) is 13.8 Å². The molecule has 0 radical (unpaired) electrons. The molecule has 1 unspecified atom stereocenters. The van der Waals surface area contributed by atoms with Crippen molar-refractivity contribution in [3.05, 3.63) is 24.0 Å². The molecule has 7 heteroatoms. The van der Waals surface area contributed by atoms with Gasteiger partial charge >= 0.3 is 0 Å². The van der Waals surface area contributed by atoms with Gasteiger partial charge in [0.05, 0.1) is 6.04 Å². The van der Waals surface area contributed by atoms with E-state index in [2.05, 4.69) is 0 Å². The lowest BCUT2D eigenvalue weighted by atomic mass is 10.0. The van der Waals surface area contributed by atoms with Gasteiger partial charge in [0.2, 0.25) is 0 Å². The van der Waals surface area contributed by atoms with Crippen LogP contribution in [0, 0.1) is 11.7 Å². The summed E-state index contributed by atoms with van der Waals surface area (Å²) in [5.74, 6) is -0.477. The minimum Gasteiger partial charge on any atom is -0.368 e. The summed E-state index contributed by atoms with van der Waals surface area (Å²) in [5, 5.41) is 11.2. The van der Waals surface area contributed by atoms with Gasteiger partial charge in [-0.1, -0.05) is 13.8 Å². The van der Waals surface area contributed by atoms with Gasteiger partial charge in [0.1, 0.15) is 10.7 Å². The van der Waals surface area contributed by atoms with E-state index in [9.17, 15) is 18.0 Å². The molecule has 0 bridgehead atoms. The molecule has 1 heterocycles. The predicted molar refractivity (Wildman–Crippen MR) is 78.8 cm³/mol. The standard InChI is InChI=1S/C14H21FN2O3S/c1-10(2)13-9-16(6-7-17(13)18)11-4-5-12(15)14(8-11)21(3,19)20/h4-5,8,10,13,18H,6-7,9H2,1-3H3. The molecule has 1 N–H and O–H groups in total. The van der Waals surface area contributed by atoms with E-state index >= 15 is 0 Å². The number of hydrogen-bond donors (Lipinski definition) is 1. The summed E-state index contributed by atoms with van der Waals surface area (Å²) in [6.07, 6.45) is 0.998. The first-order valence-electron chi connectivity index (χ1n) is 6.90. The SMILES string of the molecule is CC(C)C1CN(c2ccc(F)c(S(C)(=O)=O)c2)CCN1O. The third-order valence-corrected chi connectivity index (χ3v) is 4.95. The molecule has 1 atom stereocenters. The van der Waals surface area contributed by atoms with Crippen molar-refractivity contribution in [2.75, 3.05) is 30.8 Å². The Kier molecular flexibility index (Phi) is 4.55. The number of halogens is 1. The molecule has 21 heavy (non-hydrogen) atoms. The van der Waals surface area contributed by atoms with Crippen molar-refractivity contribution < 1.29 is 18.0 Å². The first-order chi connectivity index (χ1) is 9.70. The number of benzene rings is 1. The molecule has 1 saturated heterocycles. The van der Waals surface area contributed by atoms with Gasteiger partial charge in [-0.2, -0.15) is 5.06 Å². The van der Waals surface area contributed by atoms with E-state index in [1.807, 2.05) is 18.7 Å². The molecule has 2 rings (SSSR count). The molecule has 5 nitrogen and oxygen atoms in total. The minimum atomic E-state index is -3.60. The van der Waals surface area contributed by atoms with Crippen molar-refractivity contribution in [3.63, 3.8) is 0 Å². The Labute approximate surface area is 124 Å². The largest absolute Gasteiger partial charge is 0.368 e. The summed E-state index contributed by atoms with van der Waals surface area (Å²) in [6.45, 7) is 5.64. The summed E-state index contributed by atoms with van der Waals surface area (Å²) >= 11 is 0. The number of piperazine rings is 1. The van der Waals surface area contributed by atoms with Crippen LogP contribution in [-0.4, -0.2) is 50.6 Å². The van der Waals surface area contributed by atoms with Gasteiger partial charge in [-0.05, 0) is 24.1 Å². The molecule has 1 aromatic rings. The van der Waals surface area contributed by atoms with Gasteiger partial charge in [-0.3, -0.25) is 0 Å². The van der Waals surface area contributed by atoms with Gasteiger partial charge in [-0.25, -0.2) is 12.8 Å². The maximum Gasteiger partial charge on any atom is 0.178 e. The lowest BCUT2D eigenvalue weighted by Crippen LogP contribution is -2.54. The molecule has 0 aromatic heterocycles. The molecule has 1 aliphatic rings. The Hall–Kier alpha value is -1.18. The zero-order chi connectivity index (χ0) is 15.8. The third-order valence-electron chi connectivity index (χ3n) is 3.84. The van der Waals surface area contributed by atoms with Gasteiger partial charge < -0.3 is 10.1 Å². The van der Waals surface area contributed by atoms with Gasteiger partial charge in [0.15, 0.2) is 9.84 Å². The van der Waals surface area contributed by atoms with Crippen molar-refractivity contribution in [2.24, 2.45) is 5.92 Å². The highest BCUT2D eigenvalue weighted by Crippen LogP contribution is 2.25. The number of rotatable bonds is 3. The summed E-state index contributed by atoms with van der Waals surface area (Å²) < 4.78 is 36.9. The van der Waals surface area contributed by atoms with E-state index in [0.29, 0.717) is 25.3 Å². The summed E-state index contributed by atoms with van der Waals surface area (Å²) in [5.41, 5.74) is 0.663. The van der Waals surface area contributed by atoms with E-state index in [-0.39, 0.29) is 16.9 Å². The second kappa shape index (κ2) is 5.90. The molecule has 0 saturated carbocycles. The third kappa shape index (κ3) is 3.53. The van der Waals surface area contributed by atoms with E-state index in [1.54, 1.807) is 6.07 Å². The predicted octanol–water partition coefficient (Wildman–Crippen LogP) is 1.77. The van der Waals surface area contributed by atoms with Crippen LogP contribution in [-0.2, 0) is 9.84 Å². The maximum absolute atomic E-state index is 13.7. The monoisotopic (exact) mass is 316 g/mol. The van der Waals surface area contributed by atoms with Crippen LogP contribution < -0.4 is 4.90 Å². The fraction of sp³-hybridized carbons (Fsp3) is 0.571. The Morgan fingerprint density at radius 1 is 1.33 bits per heavy atom. The average Bonchev–Trinajstić information content (AvgIpc) is 2.38. The van der Waals surface area contributed by atoms with Crippen LogP contribution in [0.25, 0.3) is 0 Å². The normalized spacial score (nSPS) is 21.0. The van der Waals surface area contributed by atoms with E-state index in [0.717, 1.165) is 6.26 Å². The fourth-order valence-electron chi connectivity index (χ4n) is 2.56. The minimum absolute atomic E-state index is 0.0366. The average molecular weight is 316 g/mol. The van der Waals surface area contributed by atoms with E-state index in [1.165, 1.54) is 17.2 Å². The Bertz CT molecular complexity index is 619. The lowest BCUT2D eigenvalue weighted by Gasteiger charge is -2.41. The molecule has 118 valence electrons. The highest BCUT2D eigenvalue weighted by molar-refractivity contribution is 7.90. The Morgan fingerprint density at radius 2 is 2.00 bits per heavy atom. The number of hydrogen-bond acceptors (Lipinski definition) is 5. The Morgan fingerprint density at radius 3 is 2.57 bits per heavy atom. The van der Waals surface area contributed by atoms with E-state index in [4.69, 9.17) is 0 Å². The molecule has 1 aliphatic heterocycles. The van der Waals surface area contributed by atoms with Crippen LogP contribution in [0.4, 0.5) is 10.1 Å². The zero-order valence-corrected chi connectivity index (χ0v) is 13.3. The highest BCUT2D eigenvalue weighted by atomic mass is 32.2. The van der Waals surface area contributed by atoms with Gasteiger partial charge in [-0.15, -0.1) is 0 Å². The molecule has 1 aromatic carbocycles. The van der Waals surface area contributed by atoms with Crippen molar-refractivity contribution in [1.82, 2.24) is 5.06 Å². The van der Waals surface area contributed by atoms with Crippen LogP contribution in [0.3, 0.4) is 0 Å². The summed E-state index contributed by atoms with van der Waals surface area (Å²) in [6, 6.07) is 4.09. The molecule has 0 spiro atoms. The maximum atomic E-state index is 13.7. The Balaban J connectivity index is 2.31. The molecule has 0 aliphatic carbocycles. The molecular formula is C14H21FN2O3S. The number of sulfone groups is 1. The number of nitrogens with zero attached hydrogens (tertiary/aromatic N) is 2. The first-order valence-corrected chi connectivity index (χ1v) is 8.79. The zero-order valence-electron chi connectivity index (χ0n) is 12.5. The highest BCUT2D eigenvalue weighted by Gasteiger charge is 2.29. The van der Waals surface area contributed by atoms with Crippen LogP contribution in [0.2, 0.25) is 0 Å². The van der Waals surface area contributed by atoms with Crippen molar-refractivity contribution in [1.29, 1.82) is 0 Å². The summed E-state index contributed by atoms with van der Waals surface area (Å²) in [4.78, 5) is 1.69. The second-order valence-corrected chi connectivity index (χ2v) is 7.79. The molecule has 1 fully saturated rings. The van der Waals surface area contributed by atoms with Crippen LogP contribution in [0.15, 0.2) is 23.1 Å². The number of anilines is 1. The van der Waals surface area contributed by atoms with Crippen molar-refractivity contribution in [2.45, 2.75) is 24.8 Å². The molecular weight excluding hydrogens is 295 g/mol. The fourth-order valence-corrected chi connectivity index (χ4v) is 3.32. The van der Waals surface area contributed by atoms with Crippen LogP contribution in [0.5, 0.6) is 0 Å². The van der Waals surface area contributed by atoms with Crippen molar-refractivity contribution in [3.8, 4) is 0 Å². The smallest absolute Gasteiger partial charge is 0.178 e. The first kappa shape index (κ1) is 16.2. The van der Waals surface area contributed by atoms with E-state index < -0.39 is 15.7 Å². The van der Waals surface area contributed by atoms with Crippen LogP contribution >= 0.6 is 0 Å². The number of hydroxylamine groups is 2. The lowest BCUT2D eigenvalue weighted by molar-refractivity contribution is -0.142. The quantitative estimate of drug-likeness (QED) is 0.921. The summed E-state index contributed by atoms with van der Waals surface area (Å²) in [7, 11) is -3.60. The van der Waals surface area contributed by atoms with Crippen molar-refractivity contribution >= 4 is 15.5 Å². The topological polar surface area (TPSA) is 60.9 Å².